The van der Waals surface area contributed by atoms with Gasteiger partial charge in [0, 0.05) is 32.6 Å². The molecule has 184 valence electrons. The van der Waals surface area contributed by atoms with Crippen LogP contribution < -0.4 is 14.2 Å². The normalized spacial score (nSPS) is 15.0. The summed E-state index contributed by atoms with van der Waals surface area (Å²) in [6, 6.07) is 12.6. The lowest BCUT2D eigenvalue weighted by molar-refractivity contribution is -0.140. The molecule has 1 N–H and O–H groups in total. The largest absolute Gasteiger partial charge is 0.497 e. The minimum atomic E-state index is -3.86. The zero-order chi connectivity index (χ0) is 24.7. The van der Waals surface area contributed by atoms with E-state index in [1.807, 2.05) is 24.3 Å². The van der Waals surface area contributed by atoms with Crippen molar-refractivity contribution in [2.45, 2.75) is 30.7 Å². The van der Waals surface area contributed by atoms with Gasteiger partial charge in [0.05, 0.1) is 25.2 Å². The van der Waals surface area contributed by atoms with E-state index >= 15 is 0 Å². The van der Waals surface area contributed by atoms with Crippen LogP contribution >= 0.6 is 0 Å². The number of nitrogens with zero attached hydrogens (tertiary/aromatic N) is 2. The number of hydrogen-bond acceptors (Lipinski definition) is 6. The Hall–Kier alpha value is -3.11. The predicted octanol–water partition coefficient (Wildman–Crippen LogP) is 1.67. The Morgan fingerprint density at radius 1 is 0.882 bits per heavy atom. The molecule has 0 aromatic heterocycles. The van der Waals surface area contributed by atoms with Crippen molar-refractivity contribution in [2.24, 2.45) is 0 Å². The number of carbonyl (C=O) groups excluding carboxylic acids is 2. The monoisotopic (exact) mass is 489 g/mol. The summed E-state index contributed by atoms with van der Waals surface area (Å²) in [6.07, 6.45) is 1.02. The second-order valence-electron chi connectivity index (χ2n) is 8.07. The van der Waals surface area contributed by atoms with Gasteiger partial charge in [0.1, 0.15) is 11.5 Å². The van der Waals surface area contributed by atoms with E-state index in [1.54, 1.807) is 29.0 Å². The minimum Gasteiger partial charge on any atom is -0.497 e. The molecule has 0 spiro atoms. The molecule has 2 amide bonds. The summed E-state index contributed by atoms with van der Waals surface area (Å²) >= 11 is 0. The van der Waals surface area contributed by atoms with Gasteiger partial charge in [-0.25, -0.2) is 8.42 Å². The van der Waals surface area contributed by atoms with Crippen LogP contribution in [0.2, 0.25) is 0 Å². The summed E-state index contributed by atoms with van der Waals surface area (Å²) in [6.45, 7) is 3.09. The Morgan fingerprint density at radius 3 is 1.91 bits per heavy atom. The van der Waals surface area contributed by atoms with Crippen molar-refractivity contribution in [2.75, 3.05) is 40.4 Å². The maximum atomic E-state index is 12.8. The summed E-state index contributed by atoms with van der Waals surface area (Å²) in [7, 11) is -0.749. The summed E-state index contributed by atoms with van der Waals surface area (Å²) in [5, 5.41) is 0. The highest BCUT2D eigenvalue weighted by atomic mass is 32.2. The van der Waals surface area contributed by atoms with E-state index in [0.717, 1.165) is 11.3 Å². The molecule has 0 aliphatic carbocycles. The van der Waals surface area contributed by atoms with E-state index in [9.17, 15) is 18.0 Å². The molecule has 2 aromatic rings. The highest BCUT2D eigenvalue weighted by Crippen LogP contribution is 2.17. The van der Waals surface area contributed by atoms with Crippen LogP contribution in [0.25, 0.3) is 0 Å². The number of piperazine rings is 1. The average Bonchev–Trinajstić information content (AvgIpc) is 2.87. The fourth-order valence-electron chi connectivity index (χ4n) is 3.76. The lowest BCUT2D eigenvalue weighted by Crippen LogP contribution is -2.55. The molecule has 0 saturated carbocycles. The molecule has 34 heavy (non-hydrogen) atoms. The maximum absolute atomic E-state index is 12.8. The van der Waals surface area contributed by atoms with Gasteiger partial charge in [-0.2, -0.15) is 4.72 Å². The van der Waals surface area contributed by atoms with Crippen molar-refractivity contribution in [1.29, 1.82) is 0 Å². The standard InChI is InChI=1S/C24H31N3O6S/c1-18(25-34(30,31)22-11-9-21(33-3)10-12-22)24(29)27-16-14-26(15-17-27)23(28)13-6-19-4-7-20(32-2)8-5-19/h4-5,7-12,18,25H,6,13-17H2,1-3H3/t18-/m0/s1. The second-order valence-corrected chi connectivity index (χ2v) is 9.79. The third-order valence-corrected chi connectivity index (χ3v) is 7.36. The summed E-state index contributed by atoms with van der Waals surface area (Å²) in [5.41, 5.74) is 1.06. The van der Waals surface area contributed by atoms with E-state index in [0.29, 0.717) is 44.8 Å². The molecule has 9 nitrogen and oxygen atoms in total. The lowest BCUT2D eigenvalue weighted by Gasteiger charge is -2.36. The van der Waals surface area contributed by atoms with Crippen LogP contribution in [0.15, 0.2) is 53.4 Å². The molecular formula is C24H31N3O6S. The van der Waals surface area contributed by atoms with Gasteiger partial charge in [0.25, 0.3) is 0 Å². The number of rotatable bonds is 9. The third-order valence-electron chi connectivity index (χ3n) is 5.80. The predicted molar refractivity (Wildman–Crippen MR) is 127 cm³/mol. The molecule has 10 heteroatoms. The summed E-state index contributed by atoms with van der Waals surface area (Å²) in [4.78, 5) is 28.8. The van der Waals surface area contributed by atoms with Gasteiger partial charge in [0.2, 0.25) is 21.8 Å². The Bertz CT molecular complexity index is 1080. The summed E-state index contributed by atoms with van der Waals surface area (Å²) < 4.78 is 37.9. The molecule has 0 radical (unpaired) electrons. The molecule has 0 bridgehead atoms. The van der Waals surface area contributed by atoms with Crippen LogP contribution in [0.4, 0.5) is 0 Å². The first-order valence-corrected chi connectivity index (χ1v) is 12.6. The minimum absolute atomic E-state index is 0.0381. The molecular weight excluding hydrogens is 458 g/mol. The van der Waals surface area contributed by atoms with Gasteiger partial charge in [-0.15, -0.1) is 0 Å². The fourth-order valence-corrected chi connectivity index (χ4v) is 4.95. The first kappa shape index (κ1) is 25.5. The van der Waals surface area contributed by atoms with E-state index in [1.165, 1.54) is 26.2 Å². The highest BCUT2D eigenvalue weighted by molar-refractivity contribution is 7.89. The molecule has 2 aromatic carbocycles. The topological polar surface area (TPSA) is 105 Å². The Morgan fingerprint density at radius 2 is 1.38 bits per heavy atom. The lowest BCUT2D eigenvalue weighted by atomic mass is 10.1. The van der Waals surface area contributed by atoms with Crippen molar-refractivity contribution in [3.63, 3.8) is 0 Å². The zero-order valence-electron chi connectivity index (χ0n) is 19.7. The summed E-state index contributed by atoms with van der Waals surface area (Å²) in [5.74, 6) is 1.04. The van der Waals surface area contributed by atoms with E-state index < -0.39 is 16.1 Å². The van der Waals surface area contributed by atoms with E-state index in [4.69, 9.17) is 9.47 Å². The number of methoxy groups -OCH3 is 2. The van der Waals surface area contributed by atoms with Gasteiger partial charge in [-0.1, -0.05) is 12.1 Å². The number of benzene rings is 2. The number of sulfonamides is 1. The molecule has 1 aliphatic heterocycles. The zero-order valence-corrected chi connectivity index (χ0v) is 20.5. The first-order valence-electron chi connectivity index (χ1n) is 11.1. The van der Waals surface area contributed by atoms with Crippen LogP contribution in [0.3, 0.4) is 0 Å². The fraction of sp³-hybridized carbons (Fsp3) is 0.417. The van der Waals surface area contributed by atoms with E-state index in [2.05, 4.69) is 4.72 Å². The van der Waals surface area contributed by atoms with Crippen molar-refractivity contribution >= 4 is 21.8 Å². The van der Waals surface area contributed by atoms with Crippen molar-refractivity contribution in [3.05, 3.63) is 54.1 Å². The first-order chi connectivity index (χ1) is 16.2. The molecule has 0 unspecified atom stereocenters. The quantitative estimate of drug-likeness (QED) is 0.575. The smallest absolute Gasteiger partial charge is 0.241 e. The molecule has 1 fully saturated rings. The third kappa shape index (κ3) is 6.48. The van der Waals surface area contributed by atoms with Crippen molar-refractivity contribution in [3.8, 4) is 11.5 Å². The SMILES string of the molecule is COc1ccc(CCC(=O)N2CCN(C(=O)[C@H](C)NS(=O)(=O)c3ccc(OC)cc3)CC2)cc1. The second kappa shape index (κ2) is 11.3. The van der Waals surface area contributed by atoms with Gasteiger partial charge < -0.3 is 19.3 Å². The van der Waals surface area contributed by atoms with Gasteiger partial charge in [-0.3, -0.25) is 9.59 Å². The molecule has 1 heterocycles. The van der Waals surface area contributed by atoms with Crippen LogP contribution in [-0.2, 0) is 26.0 Å². The van der Waals surface area contributed by atoms with Crippen LogP contribution in [0, 0.1) is 0 Å². The Labute approximate surface area is 200 Å². The van der Waals surface area contributed by atoms with Crippen molar-refractivity contribution < 1.29 is 27.5 Å². The molecule has 1 aliphatic rings. The maximum Gasteiger partial charge on any atom is 0.241 e. The van der Waals surface area contributed by atoms with Gasteiger partial charge >= 0.3 is 0 Å². The molecule has 1 atom stereocenters. The number of nitrogens with one attached hydrogen (secondary N) is 1. The Balaban J connectivity index is 1.47. The number of amides is 2. The van der Waals surface area contributed by atoms with Crippen LogP contribution in [0.5, 0.6) is 11.5 Å². The van der Waals surface area contributed by atoms with Crippen LogP contribution in [0.1, 0.15) is 18.9 Å². The number of aryl methyl sites for hydroxylation is 1. The van der Waals surface area contributed by atoms with Gasteiger partial charge in [-0.05, 0) is 55.3 Å². The number of carbonyl (C=O) groups is 2. The van der Waals surface area contributed by atoms with E-state index in [-0.39, 0.29) is 16.7 Å². The van der Waals surface area contributed by atoms with Gasteiger partial charge in [0.15, 0.2) is 0 Å². The average molecular weight is 490 g/mol. The van der Waals surface area contributed by atoms with Crippen LogP contribution in [-0.4, -0.2) is 76.5 Å². The highest BCUT2D eigenvalue weighted by Gasteiger charge is 2.29. The number of hydrogen-bond donors (Lipinski definition) is 1. The molecule has 3 rings (SSSR count). The van der Waals surface area contributed by atoms with Crippen molar-refractivity contribution in [1.82, 2.24) is 14.5 Å². The Kier molecular flexibility index (Phi) is 8.51. The molecule has 1 saturated heterocycles. The number of ether oxygens (including phenoxy) is 2.